The van der Waals surface area contributed by atoms with Crippen molar-refractivity contribution in [3.05, 3.63) is 48.7 Å². The van der Waals surface area contributed by atoms with Gasteiger partial charge in [-0.2, -0.15) is 5.10 Å². The van der Waals surface area contributed by atoms with Gasteiger partial charge in [0.05, 0.1) is 18.5 Å². The van der Waals surface area contributed by atoms with Crippen molar-refractivity contribution in [2.24, 2.45) is 0 Å². The number of nitrogens with one attached hydrogen (secondary N) is 1. The Kier molecular flexibility index (Phi) is 3.22. The van der Waals surface area contributed by atoms with Gasteiger partial charge in [0.2, 0.25) is 0 Å². The topological polar surface area (TPSA) is 43.0 Å². The van der Waals surface area contributed by atoms with Crippen molar-refractivity contribution in [2.75, 3.05) is 0 Å². The number of furan rings is 1. The molecular weight excluding hydrogens is 202 g/mol. The fraction of sp³-hybridized carbons (Fsp3) is 0.250. The zero-order chi connectivity index (χ0) is 11.4. The molecule has 1 atom stereocenters. The first-order valence-corrected chi connectivity index (χ1v) is 5.22. The molecule has 4 heteroatoms. The van der Waals surface area contributed by atoms with Crippen LogP contribution in [0.5, 0.6) is 0 Å². The van der Waals surface area contributed by atoms with Gasteiger partial charge in [-0.3, -0.25) is 0 Å². The summed E-state index contributed by atoms with van der Waals surface area (Å²) in [6.45, 7) is 6.47. The van der Waals surface area contributed by atoms with E-state index in [1.54, 1.807) is 17.1 Å². The third kappa shape index (κ3) is 2.41. The van der Waals surface area contributed by atoms with E-state index in [0.717, 1.165) is 17.9 Å². The Labute approximate surface area is 94.6 Å². The summed E-state index contributed by atoms with van der Waals surface area (Å²) in [5.41, 5.74) is 1.12. The summed E-state index contributed by atoms with van der Waals surface area (Å²) in [6, 6.07) is 4.05. The van der Waals surface area contributed by atoms with Crippen molar-refractivity contribution in [1.29, 1.82) is 0 Å². The van der Waals surface area contributed by atoms with Crippen molar-refractivity contribution >= 4 is 6.20 Å². The zero-order valence-corrected chi connectivity index (χ0v) is 9.26. The second kappa shape index (κ2) is 4.81. The Bertz CT molecular complexity index is 445. The van der Waals surface area contributed by atoms with E-state index in [9.17, 15) is 0 Å². The highest BCUT2D eigenvalue weighted by molar-refractivity contribution is 5.17. The fourth-order valence-corrected chi connectivity index (χ4v) is 1.48. The lowest BCUT2D eigenvalue weighted by Gasteiger charge is -2.09. The van der Waals surface area contributed by atoms with E-state index in [-0.39, 0.29) is 6.04 Å². The summed E-state index contributed by atoms with van der Waals surface area (Å²) in [5.74, 6) is 0.941. The number of aromatic nitrogens is 2. The third-order valence-electron chi connectivity index (χ3n) is 2.42. The Hall–Kier alpha value is -1.81. The van der Waals surface area contributed by atoms with Gasteiger partial charge in [0.25, 0.3) is 0 Å². The number of hydrogen-bond acceptors (Lipinski definition) is 3. The third-order valence-corrected chi connectivity index (χ3v) is 2.42. The first-order valence-electron chi connectivity index (χ1n) is 5.22. The summed E-state index contributed by atoms with van der Waals surface area (Å²) in [7, 11) is 0. The largest absolute Gasteiger partial charge is 0.468 e. The van der Waals surface area contributed by atoms with Crippen LogP contribution in [0.25, 0.3) is 6.20 Å². The van der Waals surface area contributed by atoms with Crippen molar-refractivity contribution in [2.45, 2.75) is 19.5 Å². The summed E-state index contributed by atoms with van der Waals surface area (Å²) in [5, 5.41) is 7.47. The Morgan fingerprint density at radius 3 is 3.19 bits per heavy atom. The van der Waals surface area contributed by atoms with E-state index in [4.69, 9.17) is 4.42 Å². The Morgan fingerprint density at radius 1 is 1.69 bits per heavy atom. The van der Waals surface area contributed by atoms with Crippen molar-refractivity contribution in [1.82, 2.24) is 15.1 Å². The molecule has 84 valence electrons. The van der Waals surface area contributed by atoms with Gasteiger partial charge in [-0.05, 0) is 19.1 Å². The normalized spacial score (nSPS) is 12.6. The summed E-state index contributed by atoms with van der Waals surface area (Å²) >= 11 is 0. The van der Waals surface area contributed by atoms with E-state index in [0.29, 0.717) is 0 Å². The monoisotopic (exact) mass is 217 g/mol. The van der Waals surface area contributed by atoms with Crippen LogP contribution in [0.1, 0.15) is 24.3 Å². The van der Waals surface area contributed by atoms with Gasteiger partial charge < -0.3 is 9.73 Å². The zero-order valence-electron chi connectivity index (χ0n) is 9.26. The minimum atomic E-state index is 0.196. The van der Waals surface area contributed by atoms with Gasteiger partial charge in [-0.1, -0.05) is 6.58 Å². The molecule has 0 aliphatic heterocycles. The summed E-state index contributed by atoms with van der Waals surface area (Å²) < 4.78 is 7.00. The molecule has 2 heterocycles. The predicted molar refractivity (Wildman–Crippen MR) is 62.6 cm³/mol. The molecule has 0 fully saturated rings. The maximum atomic E-state index is 5.31. The second-order valence-electron chi connectivity index (χ2n) is 3.63. The fourth-order valence-electron chi connectivity index (χ4n) is 1.48. The molecule has 16 heavy (non-hydrogen) atoms. The van der Waals surface area contributed by atoms with Crippen LogP contribution in [-0.2, 0) is 6.54 Å². The van der Waals surface area contributed by atoms with Crippen molar-refractivity contribution < 1.29 is 4.42 Å². The molecular formula is C12H15N3O. The van der Waals surface area contributed by atoms with Crippen molar-refractivity contribution in [3.8, 4) is 0 Å². The minimum Gasteiger partial charge on any atom is -0.468 e. The van der Waals surface area contributed by atoms with E-state index >= 15 is 0 Å². The molecule has 0 aliphatic rings. The predicted octanol–water partition coefficient (Wildman–Crippen LogP) is 2.43. The lowest BCUT2D eigenvalue weighted by atomic mass is 10.2. The first kappa shape index (κ1) is 10.7. The number of nitrogens with zero attached hydrogens (tertiary/aromatic N) is 2. The highest BCUT2D eigenvalue weighted by Crippen LogP contribution is 2.12. The molecule has 0 saturated heterocycles. The molecule has 4 nitrogen and oxygen atoms in total. The van der Waals surface area contributed by atoms with E-state index in [1.807, 2.05) is 24.5 Å². The second-order valence-corrected chi connectivity index (χ2v) is 3.63. The van der Waals surface area contributed by atoms with Gasteiger partial charge >= 0.3 is 0 Å². The molecule has 1 N–H and O–H groups in total. The van der Waals surface area contributed by atoms with Crippen LogP contribution in [0, 0.1) is 0 Å². The van der Waals surface area contributed by atoms with Gasteiger partial charge in [0.15, 0.2) is 0 Å². The number of hydrogen-bond donors (Lipinski definition) is 1. The lowest BCUT2D eigenvalue weighted by molar-refractivity contribution is 0.430. The lowest BCUT2D eigenvalue weighted by Crippen LogP contribution is -2.17. The summed E-state index contributed by atoms with van der Waals surface area (Å²) in [6.07, 6.45) is 7.11. The van der Waals surface area contributed by atoms with Crippen LogP contribution in [0.4, 0.5) is 0 Å². The van der Waals surface area contributed by atoms with E-state index in [2.05, 4.69) is 23.9 Å². The van der Waals surface area contributed by atoms with Gasteiger partial charge in [-0.15, -0.1) is 0 Å². The Morgan fingerprint density at radius 2 is 2.56 bits per heavy atom. The van der Waals surface area contributed by atoms with Crippen LogP contribution >= 0.6 is 0 Å². The molecule has 0 radical (unpaired) electrons. The quantitative estimate of drug-likeness (QED) is 0.836. The van der Waals surface area contributed by atoms with Crippen LogP contribution in [0.15, 0.2) is 41.8 Å². The van der Waals surface area contributed by atoms with Crippen LogP contribution in [0.2, 0.25) is 0 Å². The maximum Gasteiger partial charge on any atom is 0.120 e. The van der Waals surface area contributed by atoms with Crippen LogP contribution in [0.3, 0.4) is 0 Å². The molecule has 2 aromatic heterocycles. The van der Waals surface area contributed by atoms with Crippen LogP contribution in [-0.4, -0.2) is 9.78 Å². The van der Waals surface area contributed by atoms with Gasteiger partial charge in [0, 0.05) is 24.5 Å². The van der Waals surface area contributed by atoms with Gasteiger partial charge in [0.1, 0.15) is 5.76 Å². The first-order chi connectivity index (χ1) is 7.79. The molecule has 1 unspecified atom stereocenters. The molecule has 0 amide bonds. The summed E-state index contributed by atoms with van der Waals surface area (Å²) in [4.78, 5) is 0. The van der Waals surface area contributed by atoms with Gasteiger partial charge in [-0.25, -0.2) is 4.68 Å². The average Bonchev–Trinajstić information content (AvgIpc) is 2.96. The standard InChI is InChI=1S/C12H15N3O/c1-3-15-9-11(8-14-15)7-13-10(2)12-5-4-6-16-12/h3-6,8-10,13H,1,7H2,2H3. The molecule has 0 aliphatic carbocycles. The highest BCUT2D eigenvalue weighted by Gasteiger charge is 2.07. The smallest absolute Gasteiger partial charge is 0.120 e. The SMILES string of the molecule is C=Cn1cc(CNC(C)c2ccco2)cn1. The molecule has 0 aromatic carbocycles. The molecule has 0 bridgehead atoms. The minimum absolute atomic E-state index is 0.196. The average molecular weight is 217 g/mol. The van der Waals surface area contributed by atoms with Crippen molar-refractivity contribution in [3.63, 3.8) is 0 Å². The van der Waals surface area contributed by atoms with E-state index in [1.165, 1.54) is 0 Å². The molecule has 2 aromatic rings. The van der Waals surface area contributed by atoms with E-state index < -0.39 is 0 Å². The molecule has 2 rings (SSSR count). The number of rotatable bonds is 5. The maximum absolute atomic E-state index is 5.31. The molecule has 0 saturated carbocycles. The molecule has 0 spiro atoms. The highest BCUT2D eigenvalue weighted by atomic mass is 16.3. The van der Waals surface area contributed by atoms with Crippen LogP contribution < -0.4 is 5.32 Å². The Balaban J connectivity index is 1.89.